The molecule has 156 valence electrons. The van der Waals surface area contributed by atoms with Gasteiger partial charge in [-0.3, -0.25) is 4.99 Å². The van der Waals surface area contributed by atoms with Crippen LogP contribution in [0.1, 0.15) is 21.8 Å². The zero-order valence-corrected chi connectivity index (χ0v) is 18.0. The van der Waals surface area contributed by atoms with E-state index in [1.165, 1.54) is 5.56 Å². The second-order valence-electron chi connectivity index (χ2n) is 7.16. The Morgan fingerprint density at radius 3 is 2.93 bits per heavy atom. The Morgan fingerprint density at radius 1 is 1.23 bits per heavy atom. The fourth-order valence-electron chi connectivity index (χ4n) is 3.32. The summed E-state index contributed by atoms with van der Waals surface area (Å²) in [6.07, 6.45) is 4.50. The van der Waals surface area contributed by atoms with E-state index in [0.29, 0.717) is 19.0 Å². The van der Waals surface area contributed by atoms with Gasteiger partial charge >= 0.3 is 0 Å². The monoisotopic (exact) mass is 422 g/mol. The highest BCUT2D eigenvalue weighted by Crippen LogP contribution is 2.23. The van der Waals surface area contributed by atoms with Gasteiger partial charge in [-0.15, -0.1) is 11.3 Å². The fraction of sp³-hybridized carbons (Fsp3) is 0.348. The van der Waals surface area contributed by atoms with Crippen LogP contribution < -0.4 is 9.64 Å². The second kappa shape index (κ2) is 10.3. The minimum absolute atomic E-state index is 0.509. The molecule has 3 heterocycles. The fourth-order valence-corrected chi connectivity index (χ4v) is 3.92. The van der Waals surface area contributed by atoms with E-state index in [1.54, 1.807) is 11.3 Å². The Balaban J connectivity index is 1.47. The second-order valence-corrected chi connectivity index (χ2v) is 8.14. The first-order chi connectivity index (χ1) is 14.8. The van der Waals surface area contributed by atoms with Gasteiger partial charge in [-0.25, -0.2) is 9.97 Å². The van der Waals surface area contributed by atoms with Gasteiger partial charge in [0.25, 0.3) is 0 Å². The van der Waals surface area contributed by atoms with E-state index in [-0.39, 0.29) is 0 Å². The first-order valence-electron chi connectivity index (χ1n) is 10.2. The molecule has 30 heavy (non-hydrogen) atoms. The third-order valence-electron chi connectivity index (χ3n) is 4.80. The lowest BCUT2D eigenvalue weighted by molar-refractivity contribution is 0.122. The summed E-state index contributed by atoms with van der Waals surface area (Å²) in [4.78, 5) is 15.9. The quantitative estimate of drug-likeness (QED) is 0.515. The van der Waals surface area contributed by atoms with E-state index in [1.807, 2.05) is 29.9 Å². The van der Waals surface area contributed by atoms with Crippen molar-refractivity contribution in [3.05, 3.63) is 69.8 Å². The minimum Gasteiger partial charge on any atom is -0.477 e. The standard InChI is InChI=1S/C23H26N4O2S/c1-18-3-2-4-19(13-18)16-24-17-20-14-21(27-7-10-28-11-8-27)15-22(26-20)29-9-5-23-25-6-12-30-23/h2-4,6,12-16H,5,7-11,17H2,1H3. The molecule has 1 fully saturated rings. The Morgan fingerprint density at radius 2 is 2.13 bits per heavy atom. The molecule has 7 heteroatoms. The van der Waals surface area contributed by atoms with E-state index in [4.69, 9.17) is 9.47 Å². The van der Waals surface area contributed by atoms with E-state index >= 15 is 0 Å². The lowest BCUT2D eigenvalue weighted by Gasteiger charge is -2.29. The van der Waals surface area contributed by atoms with Crippen molar-refractivity contribution in [2.45, 2.75) is 19.9 Å². The lowest BCUT2D eigenvalue weighted by Crippen LogP contribution is -2.36. The summed E-state index contributed by atoms with van der Waals surface area (Å²) in [5, 5.41) is 3.05. The predicted octanol–water partition coefficient (Wildman–Crippen LogP) is 3.92. The average Bonchev–Trinajstić information content (AvgIpc) is 3.28. The van der Waals surface area contributed by atoms with E-state index < -0.39 is 0 Å². The molecule has 0 aliphatic carbocycles. The van der Waals surface area contributed by atoms with Gasteiger partial charge in [-0.05, 0) is 18.6 Å². The van der Waals surface area contributed by atoms with Crippen molar-refractivity contribution < 1.29 is 9.47 Å². The normalized spacial score (nSPS) is 14.4. The first kappa shape index (κ1) is 20.5. The van der Waals surface area contributed by atoms with Gasteiger partial charge in [-0.1, -0.05) is 29.8 Å². The number of morpholine rings is 1. The van der Waals surface area contributed by atoms with Crippen LogP contribution in [0, 0.1) is 6.92 Å². The average molecular weight is 423 g/mol. The van der Waals surface area contributed by atoms with Gasteiger partial charge in [0.15, 0.2) is 0 Å². The third-order valence-corrected chi connectivity index (χ3v) is 5.64. The Labute approximate surface area is 181 Å². The van der Waals surface area contributed by atoms with Gasteiger partial charge in [0.05, 0.1) is 37.1 Å². The van der Waals surface area contributed by atoms with Crippen molar-refractivity contribution in [3.63, 3.8) is 0 Å². The highest BCUT2D eigenvalue weighted by atomic mass is 32.1. The lowest BCUT2D eigenvalue weighted by atomic mass is 10.1. The molecule has 1 aliphatic heterocycles. The van der Waals surface area contributed by atoms with Gasteiger partial charge in [-0.2, -0.15) is 0 Å². The van der Waals surface area contributed by atoms with Gasteiger partial charge < -0.3 is 14.4 Å². The summed E-state index contributed by atoms with van der Waals surface area (Å²) in [6, 6.07) is 12.4. The maximum atomic E-state index is 5.98. The van der Waals surface area contributed by atoms with E-state index in [2.05, 4.69) is 51.0 Å². The molecule has 2 aromatic heterocycles. The molecule has 0 N–H and O–H groups in total. The summed E-state index contributed by atoms with van der Waals surface area (Å²) < 4.78 is 11.5. The number of anilines is 1. The van der Waals surface area contributed by atoms with Crippen LogP contribution in [0.5, 0.6) is 5.88 Å². The van der Waals surface area contributed by atoms with Crippen LogP contribution >= 0.6 is 11.3 Å². The number of ether oxygens (including phenoxy) is 2. The van der Waals surface area contributed by atoms with Gasteiger partial charge in [0, 0.05) is 49.1 Å². The SMILES string of the molecule is Cc1cccc(C=NCc2cc(N3CCOCC3)cc(OCCc3nccs3)n2)c1. The highest BCUT2D eigenvalue weighted by molar-refractivity contribution is 7.09. The maximum Gasteiger partial charge on any atom is 0.215 e. The molecule has 0 spiro atoms. The van der Waals surface area contributed by atoms with Gasteiger partial charge in [0.1, 0.15) is 0 Å². The molecule has 0 atom stereocenters. The molecule has 6 nitrogen and oxygen atoms in total. The smallest absolute Gasteiger partial charge is 0.215 e. The molecule has 3 aromatic rings. The number of thiazole rings is 1. The third kappa shape index (κ3) is 5.87. The van der Waals surface area contributed by atoms with Crippen molar-refractivity contribution in [3.8, 4) is 5.88 Å². The van der Waals surface area contributed by atoms with Crippen LogP contribution in [0.2, 0.25) is 0 Å². The molecular weight excluding hydrogens is 396 g/mol. The molecule has 1 saturated heterocycles. The van der Waals surface area contributed by atoms with Crippen molar-refractivity contribution in [2.24, 2.45) is 4.99 Å². The molecule has 0 radical (unpaired) electrons. The number of hydrogen-bond acceptors (Lipinski definition) is 7. The van der Waals surface area contributed by atoms with Crippen LogP contribution in [0.4, 0.5) is 5.69 Å². The molecule has 0 amide bonds. The van der Waals surface area contributed by atoms with Crippen molar-refractivity contribution in [2.75, 3.05) is 37.8 Å². The summed E-state index contributed by atoms with van der Waals surface area (Å²) in [6.45, 7) is 6.37. The number of benzene rings is 1. The molecule has 4 rings (SSSR count). The van der Waals surface area contributed by atoms with Crippen molar-refractivity contribution >= 4 is 23.2 Å². The Kier molecular flexibility index (Phi) is 7.05. The van der Waals surface area contributed by atoms with E-state index in [9.17, 15) is 0 Å². The van der Waals surface area contributed by atoms with Gasteiger partial charge in [0.2, 0.25) is 5.88 Å². The number of aliphatic imine (C=N–C) groups is 1. The van der Waals surface area contributed by atoms with Crippen LogP contribution in [0.15, 0.2) is 53.0 Å². The molecule has 1 aromatic carbocycles. The topological polar surface area (TPSA) is 59.8 Å². The molecule has 0 bridgehead atoms. The Hall–Kier alpha value is -2.77. The number of aryl methyl sites for hydroxylation is 1. The number of nitrogens with zero attached hydrogens (tertiary/aromatic N) is 4. The Bertz CT molecular complexity index is 969. The summed E-state index contributed by atoms with van der Waals surface area (Å²) in [5.41, 5.74) is 4.33. The van der Waals surface area contributed by atoms with E-state index in [0.717, 1.165) is 54.7 Å². The summed E-state index contributed by atoms with van der Waals surface area (Å²) >= 11 is 1.64. The number of hydrogen-bond donors (Lipinski definition) is 0. The zero-order chi connectivity index (χ0) is 20.6. The predicted molar refractivity (Wildman–Crippen MR) is 121 cm³/mol. The number of pyridine rings is 1. The number of rotatable bonds is 8. The maximum absolute atomic E-state index is 5.98. The van der Waals surface area contributed by atoms with Crippen molar-refractivity contribution in [1.29, 1.82) is 0 Å². The molecule has 0 saturated carbocycles. The molecular formula is C23H26N4O2S. The minimum atomic E-state index is 0.509. The van der Waals surface area contributed by atoms with Crippen LogP contribution in [-0.2, 0) is 17.7 Å². The largest absolute Gasteiger partial charge is 0.477 e. The highest BCUT2D eigenvalue weighted by Gasteiger charge is 2.14. The molecule has 0 unspecified atom stereocenters. The summed E-state index contributed by atoms with van der Waals surface area (Å²) in [7, 11) is 0. The first-order valence-corrected chi connectivity index (χ1v) is 11.1. The van der Waals surface area contributed by atoms with Crippen LogP contribution in [-0.4, -0.2) is 49.1 Å². The van der Waals surface area contributed by atoms with Crippen LogP contribution in [0.25, 0.3) is 0 Å². The zero-order valence-electron chi connectivity index (χ0n) is 17.2. The number of aromatic nitrogens is 2. The van der Waals surface area contributed by atoms with Crippen molar-refractivity contribution in [1.82, 2.24) is 9.97 Å². The van der Waals surface area contributed by atoms with Crippen LogP contribution in [0.3, 0.4) is 0 Å². The summed E-state index contributed by atoms with van der Waals surface area (Å²) in [5.74, 6) is 0.635. The molecule has 1 aliphatic rings.